The molecule has 0 saturated heterocycles. The van der Waals surface area contributed by atoms with E-state index in [9.17, 15) is 31.0 Å². The zero-order valence-corrected chi connectivity index (χ0v) is 20.6. The van der Waals surface area contributed by atoms with E-state index >= 15 is 0 Å². The van der Waals surface area contributed by atoms with Gasteiger partial charge < -0.3 is 5.32 Å². The smallest absolute Gasteiger partial charge is 0.322 e. The molecular formula is C26H16F5N5O2S. The zero-order chi connectivity index (χ0) is 27.9. The molecule has 3 aromatic heterocycles. The maximum Gasteiger partial charge on any atom is 0.433 e. The van der Waals surface area contributed by atoms with E-state index in [1.165, 1.54) is 54.9 Å². The highest BCUT2D eigenvalue weighted by Crippen LogP contribution is 2.38. The normalized spacial score (nSPS) is 12.5. The number of nitrogens with one attached hydrogen (secondary N) is 1. The third-order valence-electron chi connectivity index (χ3n) is 5.68. The fourth-order valence-electron chi connectivity index (χ4n) is 4.01. The standard InChI is InChI=1S/C26H16F5N5O2S/c1-39(38)25-32-12-11-18(34-25)22-19-9-4-10-20(26(29,30)31)36(19)35-23(22)14-5-2-6-15(13-14)33-24(37)21-16(27)7-3-8-17(21)28/h2-13H,1H3,(H,33,37). The molecule has 0 fully saturated rings. The average Bonchev–Trinajstić information content (AvgIpc) is 3.28. The van der Waals surface area contributed by atoms with Crippen molar-refractivity contribution in [2.45, 2.75) is 11.3 Å². The van der Waals surface area contributed by atoms with Crippen LogP contribution in [0.2, 0.25) is 0 Å². The number of carbonyl (C=O) groups is 1. The van der Waals surface area contributed by atoms with Gasteiger partial charge in [0.1, 0.15) is 28.6 Å². The van der Waals surface area contributed by atoms with Crippen LogP contribution in [-0.2, 0) is 17.0 Å². The summed E-state index contributed by atoms with van der Waals surface area (Å²) in [6.45, 7) is 0. The van der Waals surface area contributed by atoms with Gasteiger partial charge in [0.05, 0.1) is 27.6 Å². The highest BCUT2D eigenvalue weighted by atomic mass is 32.2. The maximum absolute atomic E-state index is 14.1. The highest BCUT2D eigenvalue weighted by molar-refractivity contribution is 7.84. The molecule has 0 radical (unpaired) electrons. The first-order valence-corrected chi connectivity index (χ1v) is 12.7. The predicted octanol–water partition coefficient (Wildman–Crippen LogP) is 5.75. The van der Waals surface area contributed by atoms with Crippen LogP contribution in [0.4, 0.5) is 27.6 Å². The van der Waals surface area contributed by atoms with Gasteiger partial charge in [0.25, 0.3) is 5.91 Å². The lowest BCUT2D eigenvalue weighted by Gasteiger charge is -2.09. The average molecular weight is 558 g/mol. The van der Waals surface area contributed by atoms with Crippen LogP contribution >= 0.6 is 0 Å². The molecule has 0 saturated carbocycles. The summed E-state index contributed by atoms with van der Waals surface area (Å²) in [4.78, 5) is 20.8. The SMILES string of the molecule is CS(=O)c1nccc(-c2c(-c3cccc(NC(=O)c4c(F)cccc4F)c3)nn3c(C(F)(F)F)cccc23)n1. The van der Waals surface area contributed by atoms with Crippen molar-refractivity contribution in [2.24, 2.45) is 0 Å². The Morgan fingerprint density at radius 3 is 2.36 bits per heavy atom. The Morgan fingerprint density at radius 1 is 0.974 bits per heavy atom. The minimum atomic E-state index is -4.73. The molecule has 0 bridgehead atoms. The minimum Gasteiger partial charge on any atom is -0.322 e. The Hall–Kier alpha value is -4.52. The number of fused-ring (bicyclic) bond motifs is 1. The van der Waals surface area contributed by atoms with Crippen LogP contribution in [0.5, 0.6) is 0 Å². The largest absolute Gasteiger partial charge is 0.433 e. The van der Waals surface area contributed by atoms with Crippen molar-refractivity contribution >= 4 is 27.9 Å². The number of rotatable bonds is 5. The molecule has 0 spiro atoms. The van der Waals surface area contributed by atoms with E-state index in [-0.39, 0.29) is 38.9 Å². The first kappa shape index (κ1) is 26.1. The molecule has 0 aliphatic rings. The van der Waals surface area contributed by atoms with Gasteiger partial charge in [0, 0.05) is 23.7 Å². The number of alkyl halides is 3. The molecule has 3 heterocycles. The van der Waals surface area contributed by atoms with Crippen LogP contribution in [0.15, 0.2) is 78.1 Å². The number of anilines is 1. The summed E-state index contributed by atoms with van der Waals surface area (Å²) in [6, 6.07) is 13.9. The Labute approximate surface area is 219 Å². The first-order chi connectivity index (χ1) is 18.5. The number of amides is 1. The molecule has 5 rings (SSSR count). The third kappa shape index (κ3) is 5.00. The molecule has 2 aromatic carbocycles. The molecule has 1 unspecified atom stereocenters. The van der Waals surface area contributed by atoms with E-state index in [0.717, 1.165) is 28.8 Å². The van der Waals surface area contributed by atoms with Gasteiger partial charge in [0.2, 0.25) is 5.16 Å². The lowest BCUT2D eigenvalue weighted by molar-refractivity contribution is -0.142. The van der Waals surface area contributed by atoms with E-state index in [4.69, 9.17) is 0 Å². The molecule has 1 amide bonds. The summed E-state index contributed by atoms with van der Waals surface area (Å²) < 4.78 is 82.4. The molecular weight excluding hydrogens is 541 g/mol. The van der Waals surface area contributed by atoms with Gasteiger partial charge in [0.15, 0.2) is 0 Å². The molecule has 7 nitrogen and oxygen atoms in total. The number of halogens is 5. The number of carbonyl (C=O) groups excluding carboxylic acids is 1. The van der Waals surface area contributed by atoms with Crippen LogP contribution in [0.25, 0.3) is 28.0 Å². The molecule has 1 atom stereocenters. The first-order valence-electron chi connectivity index (χ1n) is 11.2. The fraction of sp³-hybridized carbons (Fsp3) is 0.0769. The van der Waals surface area contributed by atoms with Crippen LogP contribution in [0.1, 0.15) is 16.1 Å². The molecule has 0 aliphatic carbocycles. The number of hydrogen-bond acceptors (Lipinski definition) is 5. The van der Waals surface area contributed by atoms with Gasteiger partial charge in [-0.25, -0.2) is 23.3 Å². The maximum atomic E-state index is 14.1. The van der Waals surface area contributed by atoms with Crippen molar-refractivity contribution in [1.29, 1.82) is 0 Å². The van der Waals surface area contributed by atoms with E-state index in [0.29, 0.717) is 0 Å². The number of hydrogen-bond donors (Lipinski definition) is 1. The lowest BCUT2D eigenvalue weighted by atomic mass is 10.0. The second-order valence-corrected chi connectivity index (χ2v) is 9.51. The van der Waals surface area contributed by atoms with Crippen molar-refractivity contribution in [3.63, 3.8) is 0 Å². The Kier molecular flexibility index (Phi) is 6.68. The quantitative estimate of drug-likeness (QED) is 0.220. The summed E-state index contributed by atoms with van der Waals surface area (Å²) in [5.74, 6) is -3.17. The summed E-state index contributed by atoms with van der Waals surface area (Å²) >= 11 is 0. The van der Waals surface area contributed by atoms with Gasteiger partial charge in [-0.2, -0.15) is 18.3 Å². The van der Waals surface area contributed by atoms with Gasteiger partial charge >= 0.3 is 6.18 Å². The summed E-state index contributed by atoms with van der Waals surface area (Å²) in [5.41, 5.74) is -0.960. The van der Waals surface area contributed by atoms with Gasteiger partial charge in [-0.15, -0.1) is 0 Å². The zero-order valence-electron chi connectivity index (χ0n) is 19.8. The van der Waals surface area contributed by atoms with Crippen LogP contribution in [-0.4, -0.2) is 36.0 Å². The Morgan fingerprint density at radius 2 is 1.67 bits per heavy atom. The van der Waals surface area contributed by atoms with Crippen molar-refractivity contribution in [1.82, 2.24) is 19.6 Å². The monoisotopic (exact) mass is 557 g/mol. The van der Waals surface area contributed by atoms with Gasteiger partial charge in [-0.3, -0.25) is 9.00 Å². The minimum absolute atomic E-state index is 0.0299. The molecule has 39 heavy (non-hydrogen) atoms. The summed E-state index contributed by atoms with van der Waals surface area (Å²) in [5, 5.41) is 6.61. The Bertz CT molecular complexity index is 1750. The number of nitrogens with zero attached hydrogens (tertiary/aromatic N) is 4. The molecule has 0 aliphatic heterocycles. The molecule has 13 heteroatoms. The topological polar surface area (TPSA) is 89.2 Å². The van der Waals surface area contributed by atoms with E-state index < -0.39 is 45.8 Å². The fourth-order valence-corrected chi connectivity index (χ4v) is 4.45. The highest BCUT2D eigenvalue weighted by Gasteiger charge is 2.35. The van der Waals surface area contributed by atoms with Crippen LogP contribution in [0, 0.1) is 11.6 Å². The number of benzene rings is 2. The summed E-state index contributed by atoms with van der Waals surface area (Å²) in [6.07, 6.45) is -2.04. The predicted molar refractivity (Wildman–Crippen MR) is 133 cm³/mol. The third-order valence-corrected chi connectivity index (χ3v) is 6.39. The molecule has 5 aromatic rings. The van der Waals surface area contributed by atoms with Gasteiger partial charge in [-0.1, -0.05) is 24.3 Å². The van der Waals surface area contributed by atoms with E-state index in [1.807, 2.05) is 0 Å². The van der Waals surface area contributed by atoms with Crippen LogP contribution in [0.3, 0.4) is 0 Å². The van der Waals surface area contributed by atoms with E-state index in [2.05, 4.69) is 20.4 Å². The number of aromatic nitrogens is 4. The van der Waals surface area contributed by atoms with Crippen LogP contribution < -0.4 is 5.32 Å². The number of pyridine rings is 1. The van der Waals surface area contributed by atoms with Crippen molar-refractivity contribution in [3.05, 3.63) is 95.8 Å². The second kappa shape index (κ2) is 9.98. The van der Waals surface area contributed by atoms with Crippen molar-refractivity contribution in [2.75, 3.05) is 11.6 Å². The lowest BCUT2D eigenvalue weighted by Crippen LogP contribution is -2.15. The van der Waals surface area contributed by atoms with Gasteiger partial charge in [-0.05, 0) is 42.5 Å². The molecule has 198 valence electrons. The van der Waals surface area contributed by atoms with E-state index in [1.54, 1.807) is 0 Å². The Balaban J connectivity index is 1.68. The van der Waals surface area contributed by atoms with Crippen molar-refractivity contribution in [3.8, 4) is 22.5 Å². The van der Waals surface area contributed by atoms with Crippen molar-refractivity contribution < 1.29 is 31.0 Å². The summed E-state index contributed by atoms with van der Waals surface area (Å²) in [7, 11) is -1.57. The second-order valence-electron chi connectivity index (χ2n) is 8.24. The molecule has 1 N–H and O–H groups in total.